The number of ether oxygens (including phenoxy) is 1. The maximum absolute atomic E-state index is 9.62. The fourth-order valence-electron chi connectivity index (χ4n) is 5.23. The largest absolute Gasteiger partial charge is 0.392 e. The Labute approximate surface area is 212 Å². The molecule has 1 aliphatic heterocycles. The Morgan fingerprint density at radius 3 is 2.35 bits per heavy atom. The van der Waals surface area contributed by atoms with E-state index in [-0.39, 0.29) is 11.6 Å². The number of aliphatic hydroxyl groups excluding tert-OH is 1. The van der Waals surface area contributed by atoms with E-state index in [1.807, 2.05) is 6.08 Å². The number of rotatable bonds is 14. The van der Waals surface area contributed by atoms with Crippen LogP contribution in [0.1, 0.15) is 87.5 Å². The van der Waals surface area contributed by atoms with Crippen molar-refractivity contribution in [3.8, 4) is 0 Å². The van der Waals surface area contributed by atoms with E-state index in [0.717, 1.165) is 38.8 Å². The summed E-state index contributed by atoms with van der Waals surface area (Å²) in [6.45, 7) is 25.7. The Bertz CT molecular complexity index is 705. The average Bonchev–Trinajstić information content (AvgIpc) is 3.17. The van der Waals surface area contributed by atoms with Crippen LogP contribution in [0.5, 0.6) is 0 Å². The zero-order valence-electron chi connectivity index (χ0n) is 24.4. The minimum absolute atomic E-state index is 0.110. The summed E-state index contributed by atoms with van der Waals surface area (Å²) in [6, 6.07) is 0.377. The van der Waals surface area contributed by atoms with E-state index in [0.29, 0.717) is 23.4 Å². The predicted octanol–water partition coefficient (Wildman–Crippen LogP) is 7.68. The smallest absolute Gasteiger partial charge is 0.0704 e. The third-order valence-corrected chi connectivity index (χ3v) is 15.0. The van der Waals surface area contributed by atoms with E-state index in [1.165, 1.54) is 23.3 Å². The molecule has 1 saturated heterocycles. The molecular formula is C29H56N2O2Si. The highest BCUT2D eigenvalue weighted by Gasteiger charge is 2.49. The van der Waals surface area contributed by atoms with Gasteiger partial charge < -0.3 is 9.84 Å². The van der Waals surface area contributed by atoms with Gasteiger partial charge in [-0.15, -0.1) is 0 Å². The van der Waals surface area contributed by atoms with E-state index in [1.54, 1.807) is 7.11 Å². The molecular weight excluding hydrogens is 436 g/mol. The Morgan fingerprint density at radius 1 is 1.18 bits per heavy atom. The van der Waals surface area contributed by atoms with Crippen LogP contribution in [-0.4, -0.2) is 56.8 Å². The summed E-state index contributed by atoms with van der Waals surface area (Å²) in [4.78, 5) is 0. The maximum Gasteiger partial charge on any atom is 0.0704 e. The molecule has 0 aromatic carbocycles. The van der Waals surface area contributed by atoms with Crippen LogP contribution in [0.3, 0.4) is 0 Å². The van der Waals surface area contributed by atoms with Gasteiger partial charge in [0.25, 0.3) is 0 Å². The van der Waals surface area contributed by atoms with Gasteiger partial charge >= 0.3 is 0 Å². The van der Waals surface area contributed by atoms with Crippen molar-refractivity contribution < 1.29 is 9.84 Å². The molecule has 0 bridgehead atoms. The second-order valence-corrected chi connectivity index (χ2v) is 17.7. The number of hydrogen-bond donors (Lipinski definition) is 1. The van der Waals surface area contributed by atoms with Crippen LogP contribution < -0.4 is 0 Å². The average molecular weight is 493 g/mol. The molecule has 0 aliphatic carbocycles. The van der Waals surface area contributed by atoms with Crippen molar-refractivity contribution in [1.82, 2.24) is 5.01 Å². The lowest BCUT2D eigenvalue weighted by Crippen LogP contribution is -2.50. The lowest BCUT2D eigenvalue weighted by Gasteiger charge is -2.49. The summed E-state index contributed by atoms with van der Waals surface area (Å²) in [5.41, 5.74) is 4.49. The first-order valence-electron chi connectivity index (χ1n) is 13.5. The van der Waals surface area contributed by atoms with Crippen molar-refractivity contribution in [2.45, 2.75) is 117 Å². The van der Waals surface area contributed by atoms with E-state index in [9.17, 15) is 5.11 Å². The topological polar surface area (TPSA) is 45.1 Å². The second kappa shape index (κ2) is 14.0. The van der Waals surface area contributed by atoms with Crippen LogP contribution in [0, 0.1) is 11.8 Å². The van der Waals surface area contributed by atoms with Crippen LogP contribution >= 0.6 is 0 Å². The maximum atomic E-state index is 9.62. The van der Waals surface area contributed by atoms with Gasteiger partial charge in [0.1, 0.15) is 0 Å². The molecule has 0 amide bonds. The van der Waals surface area contributed by atoms with E-state index in [2.05, 4.69) is 79.6 Å². The van der Waals surface area contributed by atoms with Crippen LogP contribution in [0.2, 0.25) is 23.7 Å². The minimum atomic E-state index is -1.84. The second-order valence-electron chi connectivity index (χ2n) is 12.3. The Hall–Kier alpha value is -0.913. The molecule has 1 aliphatic rings. The number of allylic oxidation sites excluding steroid dienone is 3. The fourth-order valence-corrected chi connectivity index (χ4v) is 9.53. The fraction of sp³-hybridized carbons (Fsp3) is 0.828. The summed E-state index contributed by atoms with van der Waals surface area (Å²) in [6.07, 6.45) is 9.91. The van der Waals surface area contributed by atoms with Gasteiger partial charge in [-0.1, -0.05) is 71.0 Å². The van der Waals surface area contributed by atoms with Gasteiger partial charge in [-0.2, -0.15) is 5.10 Å². The Balaban J connectivity index is 3.60. The van der Waals surface area contributed by atoms with Gasteiger partial charge in [0.2, 0.25) is 0 Å². The van der Waals surface area contributed by atoms with Crippen molar-refractivity contribution in [2.75, 3.05) is 26.9 Å². The first kappa shape index (κ1) is 31.1. The molecule has 0 aromatic rings. The first-order valence-corrected chi connectivity index (χ1v) is 16.6. The van der Waals surface area contributed by atoms with Crippen molar-refractivity contribution in [3.05, 3.63) is 23.3 Å². The third-order valence-electron chi connectivity index (χ3n) is 8.90. The molecule has 0 spiro atoms. The molecule has 0 saturated carbocycles. The zero-order valence-corrected chi connectivity index (χ0v) is 25.4. The summed E-state index contributed by atoms with van der Waals surface area (Å²) in [5.74, 6) is 1.02. The highest BCUT2D eigenvalue weighted by molar-refractivity contribution is 6.84. The molecule has 1 N–H and O–H groups in total. The number of aliphatic hydroxyl groups is 1. The van der Waals surface area contributed by atoms with Gasteiger partial charge in [0, 0.05) is 19.4 Å². The molecule has 3 atom stereocenters. The Morgan fingerprint density at radius 2 is 1.82 bits per heavy atom. The van der Waals surface area contributed by atoms with Crippen LogP contribution in [-0.2, 0) is 4.74 Å². The lowest BCUT2D eigenvalue weighted by atomic mass is 9.93. The summed E-state index contributed by atoms with van der Waals surface area (Å²) in [5, 5.41) is 17.7. The van der Waals surface area contributed by atoms with E-state index < -0.39 is 8.07 Å². The van der Waals surface area contributed by atoms with Gasteiger partial charge in [-0.05, 0) is 75.3 Å². The number of hydrogen-bond acceptors (Lipinski definition) is 4. The molecule has 1 rings (SSSR count). The Kier molecular flexibility index (Phi) is 12.8. The lowest BCUT2D eigenvalue weighted by molar-refractivity contribution is 0.117. The zero-order chi connectivity index (χ0) is 26.1. The van der Waals surface area contributed by atoms with Crippen molar-refractivity contribution in [2.24, 2.45) is 16.9 Å². The third kappa shape index (κ3) is 8.34. The van der Waals surface area contributed by atoms with Gasteiger partial charge in [-0.3, -0.25) is 5.01 Å². The quantitative estimate of drug-likeness (QED) is 0.154. The molecule has 1 heterocycles. The highest BCUT2D eigenvalue weighted by atomic mass is 28.3. The van der Waals surface area contributed by atoms with Gasteiger partial charge in [0.15, 0.2) is 0 Å². The van der Waals surface area contributed by atoms with Crippen molar-refractivity contribution >= 4 is 13.8 Å². The normalized spacial score (nSPS) is 20.1. The minimum Gasteiger partial charge on any atom is -0.392 e. The number of nitrogens with zero attached hydrogens (tertiary/aromatic N) is 2. The predicted molar refractivity (Wildman–Crippen MR) is 152 cm³/mol. The molecule has 0 unspecified atom stereocenters. The summed E-state index contributed by atoms with van der Waals surface area (Å²) >= 11 is 0. The van der Waals surface area contributed by atoms with E-state index >= 15 is 0 Å². The number of hydrazone groups is 1. The SMILES string of the molecule is COC[C@@H]1CCCN1/N=C(\[C@@H](C)CCC=C(C)C)[C@H](C/C(C)=C/CO)[Si](C)(C)C(C)(C)C(C)C. The van der Waals surface area contributed by atoms with Crippen molar-refractivity contribution in [1.29, 1.82) is 0 Å². The van der Waals surface area contributed by atoms with Crippen LogP contribution in [0.15, 0.2) is 28.4 Å². The first-order chi connectivity index (χ1) is 15.8. The number of methoxy groups -OCH3 is 1. The molecule has 0 aromatic heterocycles. The molecule has 1 fully saturated rings. The summed E-state index contributed by atoms with van der Waals surface area (Å²) < 4.78 is 5.55. The molecule has 0 radical (unpaired) electrons. The van der Waals surface area contributed by atoms with Crippen LogP contribution in [0.25, 0.3) is 0 Å². The molecule has 34 heavy (non-hydrogen) atoms. The standard InChI is InChI=1S/C29H56N2O2Si/c1-22(2)14-12-15-25(6)28(30-31-18-13-16-26(31)21-33-9)27(20-24(5)17-19-32)34(10,11)29(7,8)23(3)4/h14,17,23,25-27,32H,12-13,15-16,18-21H2,1-11H3/b24-17+,30-28+/t25-,26-,27-/m0/s1. The van der Waals surface area contributed by atoms with Crippen LogP contribution in [0.4, 0.5) is 0 Å². The van der Waals surface area contributed by atoms with Gasteiger partial charge in [-0.25, -0.2) is 0 Å². The van der Waals surface area contributed by atoms with Gasteiger partial charge in [0.05, 0.1) is 27.3 Å². The molecule has 4 nitrogen and oxygen atoms in total. The molecule has 198 valence electrons. The van der Waals surface area contributed by atoms with E-state index in [4.69, 9.17) is 9.84 Å². The highest BCUT2D eigenvalue weighted by Crippen LogP contribution is 2.52. The van der Waals surface area contributed by atoms with Crippen molar-refractivity contribution in [3.63, 3.8) is 0 Å². The summed E-state index contributed by atoms with van der Waals surface area (Å²) in [7, 11) is -0.0394. The molecule has 5 heteroatoms. The monoisotopic (exact) mass is 492 g/mol.